The van der Waals surface area contributed by atoms with E-state index in [1.165, 1.54) is 0 Å². The fraction of sp³-hybridized carbons (Fsp3) is 0.375. The van der Waals surface area contributed by atoms with Crippen LogP contribution in [0, 0.1) is 6.92 Å². The summed E-state index contributed by atoms with van der Waals surface area (Å²) in [6.45, 7) is 2.61. The van der Waals surface area contributed by atoms with E-state index in [9.17, 15) is 13.2 Å². The maximum atomic E-state index is 12.6. The molecule has 2 aromatic rings. The lowest BCUT2D eigenvalue weighted by atomic mass is 10.1. The molecular formula is C16H20N4O3S. The fourth-order valence-electron chi connectivity index (χ4n) is 2.89. The standard InChI is InChI=1S/C16H20N4O3S/c1-12-8-10-20(18-12)14-6-4-13(5-7-14)16(21)19-9-2-3-15(11-19)24(17,22)23/h4-8,10,15H,2-3,9,11H2,1H3,(H2,17,22,23). The lowest BCUT2D eigenvalue weighted by Crippen LogP contribution is -2.47. The van der Waals surface area contributed by atoms with E-state index in [1.54, 1.807) is 21.7 Å². The van der Waals surface area contributed by atoms with Gasteiger partial charge in [0.25, 0.3) is 5.91 Å². The Kier molecular flexibility index (Phi) is 4.42. The van der Waals surface area contributed by atoms with Crippen molar-refractivity contribution in [2.45, 2.75) is 25.0 Å². The zero-order chi connectivity index (χ0) is 17.3. The van der Waals surface area contributed by atoms with E-state index in [0.29, 0.717) is 24.9 Å². The Morgan fingerprint density at radius 2 is 1.96 bits per heavy atom. The van der Waals surface area contributed by atoms with E-state index in [2.05, 4.69) is 5.10 Å². The highest BCUT2D eigenvalue weighted by molar-refractivity contribution is 7.89. The average molecular weight is 348 g/mol. The quantitative estimate of drug-likeness (QED) is 0.897. The van der Waals surface area contributed by atoms with Gasteiger partial charge in [-0.05, 0) is 50.1 Å². The molecule has 3 rings (SSSR count). The zero-order valence-corrected chi connectivity index (χ0v) is 14.2. The number of aromatic nitrogens is 2. The SMILES string of the molecule is Cc1ccn(-c2ccc(C(=O)N3CCCC(S(N)(=O)=O)C3)cc2)n1. The minimum Gasteiger partial charge on any atom is -0.337 e. The van der Waals surface area contributed by atoms with E-state index >= 15 is 0 Å². The van der Waals surface area contributed by atoms with Gasteiger partial charge in [-0.1, -0.05) is 0 Å². The molecule has 8 heteroatoms. The molecule has 2 N–H and O–H groups in total. The summed E-state index contributed by atoms with van der Waals surface area (Å²) in [6.07, 6.45) is 2.99. The third-order valence-electron chi connectivity index (χ3n) is 4.23. The van der Waals surface area contributed by atoms with Crippen molar-refractivity contribution in [2.75, 3.05) is 13.1 Å². The predicted molar refractivity (Wildman–Crippen MR) is 90.3 cm³/mol. The Bertz CT molecular complexity index is 842. The number of carbonyl (C=O) groups excluding carboxylic acids is 1. The molecule has 1 unspecified atom stereocenters. The van der Waals surface area contributed by atoms with E-state index in [0.717, 1.165) is 11.4 Å². The van der Waals surface area contributed by atoms with Crippen molar-refractivity contribution >= 4 is 15.9 Å². The molecule has 128 valence electrons. The first kappa shape index (κ1) is 16.7. The number of carbonyl (C=O) groups is 1. The Hall–Kier alpha value is -2.19. The molecule has 1 amide bonds. The summed E-state index contributed by atoms with van der Waals surface area (Å²) in [7, 11) is -3.62. The molecule has 1 aliphatic rings. The number of nitrogens with zero attached hydrogens (tertiary/aromatic N) is 3. The van der Waals surface area contributed by atoms with E-state index in [1.807, 2.05) is 31.3 Å². The van der Waals surface area contributed by atoms with Crippen molar-refractivity contribution in [1.29, 1.82) is 0 Å². The van der Waals surface area contributed by atoms with Gasteiger partial charge in [0.1, 0.15) is 0 Å². The molecule has 7 nitrogen and oxygen atoms in total. The number of sulfonamides is 1. The smallest absolute Gasteiger partial charge is 0.253 e. The first-order chi connectivity index (χ1) is 11.3. The van der Waals surface area contributed by atoms with Gasteiger partial charge >= 0.3 is 0 Å². The largest absolute Gasteiger partial charge is 0.337 e. The fourth-order valence-corrected chi connectivity index (χ4v) is 3.77. The van der Waals surface area contributed by atoms with Crippen molar-refractivity contribution in [2.24, 2.45) is 5.14 Å². The summed E-state index contributed by atoms with van der Waals surface area (Å²) in [5.41, 5.74) is 2.30. The van der Waals surface area contributed by atoms with Gasteiger partial charge in [-0.15, -0.1) is 0 Å². The molecule has 0 radical (unpaired) electrons. The van der Waals surface area contributed by atoms with Crippen molar-refractivity contribution in [3.05, 3.63) is 47.8 Å². The van der Waals surface area contributed by atoms with Crippen LogP contribution < -0.4 is 5.14 Å². The highest BCUT2D eigenvalue weighted by Gasteiger charge is 2.30. The highest BCUT2D eigenvalue weighted by Crippen LogP contribution is 2.18. The summed E-state index contributed by atoms with van der Waals surface area (Å²) in [5.74, 6) is -0.174. The summed E-state index contributed by atoms with van der Waals surface area (Å²) in [4.78, 5) is 14.2. The van der Waals surface area contributed by atoms with Gasteiger partial charge in [0, 0.05) is 24.8 Å². The molecule has 0 saturated carbocycles. The van der Waals surface area contributed by atoms with Gasteiger partial charge in [0.05, 0.1) is 16.6 Å². The average Bonchev–Trinajstić information content (AvgIpc) is 3.00. The summed E-state index contributed by atoms with van der Waals surface area (Å²) in [6, 6.07) is 9.01. The number of hydrogen-bond acceptors (Lipinski definition) is 4. The number of hydrogen-bond donors (Lipinski definition) is 1. The second kappa shape index (κ2) is 6.37. The van der Waals surface area contributed by atoms with E-state index < -0.39 is 15.3 Å². The van der Waals surface area contributed by atoms with Gasteiger partial charge in [0.15, 0.2) is 0 Å². The normalized spacial score (nSPS) is 18.6. The van der Waals surface area contributed by atoms with Gasteiger partial charge in [-0.2, -0.15) is 5.10 Å². The molecule has 1 aliphatic heterocycles. The highest BCUT2D eigenvalue weighted by atomic mass is 32.2. The van der Waals surface area contributed by atoms with Gasteiger partial charge in [-0.25, -0.2) is 18.2 Å². The first-order valence-corrected chi connectivity index (χ1v) is 9.39. The van der Waals surface area contributed by atoms with Crippen LogP contribution in [0.5, 0.6) is 0 Å². The molecule has 2 heterocycles. The second-order valence-electron chi connectivity index (χ2n) is 6.05. The molecule has 1 aromatic carbocycles. The van der Waals surface area contributed by atoms with Gasteiger partial charge in [-0.3, -0.25) is 4.79 Å². The zero-order valence-electron chi connectivity index (χ0n) is 13.4. The number of piperidine rings is 1. The monoisotopic (exact) mass is 348 g/mol. The number of nitrogens with two attached hydrogens (primary N) is 1. The molecular weight excluding hydrogens is 328 g/mol. The van der Waals surface area contributed by atoms with Crippen LogP contribution in [0.25, 0.3) is 5.69 Å². The maximum Gasteiger partial charge on any atom is 0.253 e. The second-order valence-corrected chi connectivity index (χ2v) is 7.90. The van der Waals surface area contributed by atoms with E-state index in [-0.39, 0.29) is 12.5 Å². The van der Waals surface area contributed by atoms with E-state index in [4.69, 9.17) is 5.14 Å². The van der Waals surface area contributed by atoms with Gasteiger partial charge in [0.2, 0.25) is 10.0 Å². The Morgan fingerprint density at radius 3 is 2.54 bits per heavy atom. The predicted octanol–water partition coefficient (Wildman–Crippen LogP) is 1.07. The van der Waals surface area contributed by atoms with Crippen LogP contribution in [-0.2, 0) is 10.0 Å². The molecule has 1 atom stereocenters. The minimum atomic E-state index is -3.62. The lowest BCUT2D eigenvalue weighted by molar-refractivity contribution is 0.0727. The van der Waals surface area contributed by atoms with Crippen LogP contribution >= 0.6 is 0 Å². The van der Waals surface area contributed by atoms with Crippen LogP contribution in [0.3, 0.4) is 0 Å². The third kappa shape index (κ3) is 3.49. The Balaban J connectivity index is 1.75. The third-order valence-corrected chi connectivity index (χ3v) is 5.55. The topological polar surface area (TPSA) is 98.3 Å². The molecule has 0 aliphatic carbocycles. The first-order valence-electron chi connectivity index (χ1n) is 7.78. The summed E-state index contributed by atoms with van der Waals surface area (Å²) in [5, 5.41) is 8.87. The van der Waals surface area contributed by atoms with Crippen LogP contribution in [0.15, 0.2) is 36.5 Å². The molecule has 1 aromatic heterocycles. The van der Waals surface area contributed by atoms with Crippen LogP contribution in [0.1, 0.15) is 28.9 Å². The number of rotatable bonds is 3. The van der Waals surface area contributed by atoms with Crippen LogP contribution in [0.2, 0.25) is 0 Å². The van der Waals surface area contributed by atoms with Crippen molar-refractivity contribution in [3.8, 4) is 5.69 Å². The lowest BCUT2D eigenvalue weighted by Gasteiger charge is -2.31. The minimum absolute atomic E-state index is 0.151. The van der Waals surface area contributed by atoms with Crippen molar-refractivity contribution in [3.63, 3.8) is 0 Å². The number of benzene rings is 1. The van der Waals surface area contributed by atoms with Crippen LogP contribution in [-0.4, -0.2) is 47.3 Å². The Labute approximate surface area is 141 Å². The summed E-state index contributed by atoms with van der Waals surface area (Å²) >= 11 is 0. The number of likely N-dealkylation sites (tertiary alicyclic amines) is 1. The molecule has 1 fully saturated rings. The number of primary sulfonamides is 1. The van der Waals surface area contributed by atoms with Crippen LogP contribution in [0.4, 0.5) is 0 Å². The molecule has 0 spiro atoms. The molecule has 0 bridgehead atoms. The number of amides is 1. The Morgan fingerprint density at radius 1 is 1.25 bits per heavy atom. The van der Waals surface area contributed by atoms with Crippen molar-refractivity contribution < 1.29 is 13.2 Å². The molecule has 24 heavy (non-hydrogen) atoms. The number of aryl methyl sites for hydroxylation is 1. The summed E-state index contributed by atoms with van der Waals surface area (Å²) < 4.78 is 24.8. The maximum absolute atomic E-state index is 12.6. The van der Waals surface area contributed by atoms with Gasteiger partial charge < -0.3 is 4.90 Å². The van der Waals surface area contributed by atoms with Crippen molar-refractivity contribution in [1.82, 2.24) is 14.7 Å². The molecule has 1 saturated heterocycles.